The number of hydrogen-bond donors (Lipinski definition) is 3. The number of carboxylic acid groups (broad SMARTS) is 1. The Morgan fingerprint density at radius 1 is 1.23 bits per heavy atom. The van der Waals surface area contributed by atoms with E-state index in [1.54, 1.807) is 13.0 Å². The van der Waals surface area contributed by atoms with Gasteiger partial charge in [0.25, 0.3) is 5.91 Å². The molecule has 11 nitrogen and oxygen atoms in total. The van der Waals surface area contributed by atoms with E-state index in [0.29, 0.717) is 10.7 Å². The van der Waals surface area contributed by atoms with Crippen LogP contribution in [0.5, 0.6) is 0 Å². The number of esters is 1. The normalized spacial score (nSPS) is 14.3. The summed E-state index contributed by atoms with van der Waals surface area (Å²) in [5, 5.41) is 16.3. The highest BCUT2D eigenvalue weighted by molar-refractivity contribution is 8.26. The van der Waals surface area contributed by atoms with Crippen LogP contribution in [-0.2, 0) is 19.1 Å². The molecule has 16 heteroatoms. The molecule has 0 spiro atoms. The zero-order chi connectivity index (χ0) is 25.0. The molecule has 2 aromatic rings. The first-order chi connectivity index (χ1) is 16.1. The van der Waals surface area contributed by atoms with Crippen molar-refractivity contribution in [2.45, 2.75) is 6.92 Å². The van der Waals surface area contributed by atoms with Crippen LogP contribution in [-0.4, -0.2) is 61.8 Å². The summed E-state index contributed by atoms with van der Waals surface area (Å²) in [5.74, 6) is -2.85. The summed E-state index contributed by atoms with van der Waals surface area (Å²) in [5.41, 5.74) is 0.267. The number of hydrogen-bond acceptors (Lipinski definition) is 9. The summed E-state index contributed by atoms with van der Waals surface area (Å²) in [4.78, 5) is 53.8. The average molecular weight is 579 g/mol. The molecule has 5 N–H and O–H groups in total. The van der Waals surface area contributed by atoms with Gasteiger partial charge in [0, 0.05) is 11.1 Å². The number of urea groups is 1. The molecule has 35 heavy (non-hydrogen) atoms. The summed E-state index contributed by atoms with van der Waals surface area (Å²) in [6.45, 7) is 0.967. The predicted molar refractivity (Wildman–Crippen MR) is 138 cm³/mol. The maximum Gasteiger partial charge on any atom is 0.341 e. The van der Waals surface area contributed by atoms with Crippen LogP contribution in [0, 0.1) is 0 Å². The molecule has 1 aliphatic rings. The third-order valence-electron chi connectivity index (χ3n) is 4.01. The number of nitrogens with zero attached hydrogens (tertiary/aromatic N) is 2. The van der Waals surface area contributed by atoms with Gasteiger partial charge >= 0.3 is 18.0 Å². The van der Waals surface area contributed by atoms with Gasteiger partial charge in [0.15, 0.2) is 5.13 Å². The van der Waals surface area contributed by atoms with Gasteiger partial charge in [-0.15, -0.1) is 11.3 Å². The van der Waals surface area contributed by atoms with Crippen molar-refractivity contribution >= 4 is 103 Å². The van der Waals surface area contributed by atoms with Crippen LogP contribution < -0.4 is 10.6 Å². The lowest BCUT2D eigenvalue weighted by atomic mass is 10.2. The highest BCUT2D eigenvalue weighted by atomic mass is 35.5. The molecule has 186 valence electrons. The van der Waals surface area contributed by atoms with Crippen LogP contribution in [0.25, 0.3) is 5.57 Å². The van der Waals surface area contributed by atoms with Crippen LogP contribution in [0.1, 0.15) is 12.6 Å². The van der Waals surface area contributed by atoms with E-state index in [2.05, 4.69) is 15.6 Å². The second-order valence-electron chi connectivity index (χ2n) is 6.32. The van der Waals surface area contributed by atoms with Gasteiger partial charge in [-0.3, -0.25) is 19.8 Å². The molecule has 1 saturated heterocycles. The number of nitrogens with one attached hydrogen (secondary N) is 2. The van der Waals surface area contributed by atoms with Crippen molar-refractivity contribution in [3.63, 3.8) is 0 Å². The number of thiazole rings is 1. The first kappa shape index (κ1) is 28.5. The van der Waals surface area contributed by atoms with Gasteiger partial charge in [-0.1, -0.05) is 47.2 Å². The van der Waals surface area contributed by atoms with Crippen LogP contribution in [0.3, 0.4) is 0 Å². The standard InChI is InChI=1S/C19H14Cl2N4O6S3.H2O/c1-2-31-16(29)13(14-15(28)25(6-12(26)27)19(32)34-14)11-7-33-18(23-11)24-17(30)22-8-3-4-9(20)10(21)5-8;/h3-5,7H,2,6H2,1H3,(H,26,27)(H2,22,23,24,30);1H2. The molecule has 1 aliphatic heterocycles. The number of halogens is 2. The average Bonchev–Trinajstić information content (AvgIpc) is 3.31. The van der Waals surface area contributed by atoms with E-state index < -0.39 is 30.4 Å². The Bertz CT molecular complexity index is 1230. The summed E-state index contributed by atoms with van der Waals surface area (Å²) in [6, 6.07) is 3.91. The molecule has 1 fully saturated rings. The van der Waals surface area contributed by atoms with Crippen molar-refractivity contribution in [2.24, 2.45) is 0 Å². The number of amides is 3. The Balaban J connectivity index is 0.00000432. The van der Waals surface area contributed by atoms with Gasteiger partial charge in [-0.05, 0) is 25.1 Å². The first-order valence-corrected chi connectivity index (χ1v) is 12.1. The number of aliphatic carboxylic acids is 1. The molecule has 0 atom stereocenters. The number of ether oxygens (including phenoxy) is 1. The lowest BCUT2D eigenvalue weighted by Gasteiger charge is -2.11. The van der Waals surface area contributed by atoms with E-state index in [0.717, 1.165) is 28.0 Å². The highest BCUT2D eigenvalue weighted by Gasteiger charge is 2.38. The number of rotatable bonds is 7. The van der Waals surface area contributed by atoms with Gasteiger partial charge in [0.05, 0.1) is 27.3 Å². The fourth-order valence-electron chi connectivity index (χ4n) is 2.62. The number of thiocarbonyl (C=S) groups is 1. The van der Waals surface area contributed by atoms with Crippen molar-refractivity contribution in [1.82, 2.24) is 9.88 Å². The smallest absolute Gasteiger partial charge is 0.341 e. The number of thioether (sulfide) groups is 1. The molecule has 3 rings (SSSR count). The van der Waals surface area contributed by atoms with Crippen LogP contribution >= 0.6 is 58.5 Å². The SMILES string of the molecule is CCOC(=O)C(=C1SC(=S)N(CC(=O)O)C1=O)c1csc(NC(=O)Nc2ccc(Cl)c(Cl)c2)n1.O. The fraction of sp³-hybridized carbons (Fsp3) is 0.158. The van der Waals surface area contributed by atoms with Crippen LogP contribution in [0.4, 0.5) is 15.6 Å². The number of benzene rings is 1. The summed E-state index contributed by atoms with van der Waals surface area (Å²) in [6.07, 6.45) is 0. The Kier molecular flexibility index (Phi) is 10.00. The van der Waals surface area contributed by atoms with Crippen LogP contribution in [0.15, 0.2) is 28.5 Å². The summed E-state index contributed by atoms with van der Waals surface area (Å²) < 4.78 is 5.05. The van der Waals surface area contributed by atoms with Gasteiger partial charge < -0.3 is 20.6 Å². The fourth-order valence-corrected chi connectivity index (χ4v) is 4.93. The zero-order valence-corrected chi connectivity index (χ0v) is 21.5. The maximum atomic E-state index is 12.8. The second kappa shape index (κ2) is 12.3. The van der Waals surface area contributed by atoms with E-state index >= 15 is 0 Å². The molecular formula is C19H16Cl2N4O7S3. The molecule has 0 radical (unpaired) electrons. The third kappa shape index (κ3) is 6.90. The van der Waals surface area contributed by atoms with Crippen LogP contribution in [0.2, 0.25) is 10.0 Å². The number of carbonyl (C=O) groups excluding carboxylic acids is 3. The van der Waals surface area contributed by atoms with Gasteiger partial charge in [-0.25, -0.2) is 14.6 Å². The van der Waals surface area contributed by atoms with Gasteiger partial charge in [-0.2, -0.15) is 0 Å². The number of aromatic nitrogens is 1. The molecular weight excluding hydrogens is 563 g/mol. The molecule has 2 heterocycles. The van der Waals surface area contributed by atoms with E-state index in [9.17, 15) is 19.2 Å². The van der Waals surface area contributed by atoms with E-state index in [-0.39, 0.29) is 42.7 Å². The van der Waals surface area contributed by atoms with Crippen molar-refractivity contribution in [3.05, 3.63) is 44.2 Å². The zero-order valence-electron chi connectivity index (χ0n) is 17.6. The van der Waals surface area contributed by atoms with Gasteiger partial charge in [0.2, 0.25) is 0 Å². The molecule has 1 aromatic carbocycles. The van der Waals surface area contributed by atoms with Crippen molar-refractivity contribution in [2.75, 3.05) is 23.8 Å². The van der Waals surface area contributed by atoms with E-state index in [4.69, 9.17) is 45.3 Å². The van der Waals surface area contributed by atoms with Crippen molar-refractivity contribution in [1.29, 1.82) is 0 Å². The summed E-state index contributed by atoms with van der Waals surface area (Å²) in [7, 11) is 0. The van der Waals surface area contributed by atoms with Gasteiger partial charge in [0.1, 0.15) is 16.4 Å². The number of anilines is 2. The Hall–Kier alpha value is -2.75. The quantitative estimate of drug-likeness (QED) is 0.252. The minimum Gasteiger partial charge on any atom is -0.480 e. The number of carbonyl (C=O) groups is 4. The third-order valence-corrected chi connectivity index (χ3v) is 6.95. The summed E-state index contributed by atoms with van der Waals surface area (Å²) >= 11 is 18.7. The first-order valence-electron chi connectivity index (χ1n) is 9.26. The number of carboxylic acids is 1. The monoisotopic (exact) mass is 578 g/mol. The molecule has 0 saturated carbocycles. The highest BCUT2D eigenvalue weighted by Crippen LogP contribution is 2.38. The largest absolute Gasteiger partial charge is 0.480 e. The lowest BCUT2D eigenvalue weighted by molar-refractivity contribution is -0.140. The minimum absolute atomic E-state index is 0. The molecule has 0 unspecified atom stereocenters. The molecule has 1 aromatic heterocycles. The Morgan fingerprint density at radius 2 is 1.94 bits per heavy atom. The van der Waals surface area contributed by atoms with Crippen molar-refractivity contribution < 1.29 is 34.5 Å². The molecule has 3 amide bonds. The second-order valence-corrected chi connectivity index (χ2v) is 9.64. The maximum absolute atomic E-state index is 12.8. The van der Waals surface area contributed by atoms with E-state index in [1.807, 2.05) is 0 Å². The topological polar surface area (TPSA) is 169 Å². The lowest BCUT2D eigenvalue weighted by Crippen LogP contribution is -2.33. The molecule has 0 aliphatic carbocycles. The minimum atomic E-state index is -1.26. The Labute approximate surface area is 221 Å². The Morgan fingerprint density at radius 3 is 2.57 bits per heavy atom. The van der Waals surface area contributed by atoms with Crippen molar-refractivity contribution in [3.8, 4) is 0 Å². The van der Waals surface area contributed by atoms with E-state index in [1.165, 1.54) is 17.5 Å². The predicted octanol–water partition coefficient (Wildman–Crippen LogP) is 3.49. The molecule has 0 bridgehead atoms.